The molecule has 0 aliphatic carbocycles. The number of rotatable bonds is 9. The van der Waals surface area contributed by atoms with Crippen molar-refractivity contribution in [3.8, 4) is 11.5 Å². The van der Waals surface area contributed by atoms with E-state index in [9.17, 15) is 14.4 Å². The van der Waals surface area contributed by atoms with Crippen molar-refractivity contribution in [3.05, 3.63) is 68.9 Å². The molecule has 2 heterocycles. The number of carbonyl (C=O) groups is 1. The number of aromatic amines is 1. The Bertz CT molecular complexity index is 1300. The number of hydrogen-bond acceptors (Lipinski definition) is 7. The summed E-state index contributed by atoms with van der Waals surface area (Å²) in [5.41, 5.74) is 0.533. The molecule has 1 aliphatic rings. The molecule has 1 aromatic heterocycles. The minimum Gasteiger partial charge on any atom is -0.493 e. The fourth-order valence-electron chi connectivity index (χ4n) is 4.38. The summed E-state index contributed by atoms with van der Waals surface area (Å²) in [6.07, 6.45) is 0.0949. The maximum absolute atomic E-state index is 12.8. The third kappa shape index (κ3) is 5.55. The lowest BCUT2D eigenvalue weighted by atomic mass is 10.0. The van der Waals surface area contributed by atoms with Crippen LogP contribution in [0.1, 0.15) is 18.0 Å². The van der Waals surface area contributed by atoms with Gasteiger partial charge in [-0.15, -0.1) is 0 Å². The molecule has 3 aromatic rings. The Morgan fingerprint density at radius 1 is 1.09 bits per heavy atom. The van der Waals surface area contributed by atoms with E-state index in [1.807, 2.05) is 18.2 Å². The van der Waals surface area contributed by atoms with E-state index in [4.69, 9.17) is 14.2 Å². The Kier molecular flexibility index (Phi) is 7.84. The van der Waals surface area contributed by atoms with E-state index in [2.05, 4.69) is 15.2 Å². The molecule has 1 unspecified atom stereocenters. The molecule has 1 saturated heterocycles. The van der Waals surface area contributed by atoms with E-state index in [-0.39, 0.29) is 24.9 Å². The minimum absolute atomic E-state index is 0.0840. The van der Waals surface area contributed by atoms with Crippen LogP contribution in [0.3, 0.4) is 0 Å². The van der Waals surface area contributed by atoms with E-state index < -0.39 is 11.2 Å². The first kappa shape index (κ1) is 24.5. The largest absolute Gasteiger partial charge is 0.493 e. The van der Waals surface area contributed by atoms with Crippen molar-refractivity contribution in [1.82, 2.24) is 19.8 Å². The van der Waals surface area contributed by atoms with Gasteiger partial charge in [0.05, 0.1) is 44.4 Å². The number of aromatic nitrogens is 2. The molecule has 1 fully saturated rings. The van der Waals surface area contributed by atoms with Crippen molar-refractivity contribution in [2.75, 3.05) is 47.1 Å². The van der Waals surface area contributed by atoms with Gasteiger partial charge in [-0.3, -0.25) is 24.0 Å². The number of amides is 1. The molecule has 1 aliphatic heterocycles. The maximum atomic E-state index is 12.8. The van der Waals surface area contributed by atoms with E-state index >= 15 is 0 Å². The summed E-state index contributed by atoms with van der Waals surface area (Å²) in [6.45, 7) is 3.28. The number of nitrogens with one attached hydrogen (secondary N) is 2. The number of H-pyrrole nitrogens is 1. The fraction of sp³-hybridized carbons (Fsp3) is 0.400. The molecule has 10 nitrogen and oxygen atoms in total. The van der Waals surface area contributed by atoms with E-state index in [0.29, 0.717) is 42.2 Å². The molecule has 1 amide bonds. The van der Waals surface area contributed by atoms with Gasteiger partial charge < -0.3 is 19.5 Å². The molecule has 4 rings (SSSR count). The standard InChI is InChI=1S/C25H30N4O6/c1-33-21-8-7-17(15-22(21)34-2)20(28-11-13-35-14-12-28)16-26-23(30)9-10-29-19-6-4-3-5-18(19)24(31)27-25(29)32/h3-8,15,20H,9-14,16H2,1-2H3,(H,26,30)(H,27,31,32). The van der Waals surface area contributed by atoms with Gasteiger partial charge in [-0.2, -0.15) is 0 Å². The number of fused-ring (bicyclic) bond motifs is 1. The summed E-state index contributed by atoms with van der Waals surface area (Å²) < 4.78 is 17.8. The predicted molar refractivity (Wildman–Crippen MR) is 131 cm³/mol. The van der Waals surface area contributed by atoms with Gasteiger partial charge in [-0.25, -0.2) is 4.79 Å². The topological polar surface area (TPSA) is 115 Å². The number of para-hydroxylation sites is 1. The monoisotopic (exact) mass is 482 g/mol. The molecule has 186 valence electrons. The van der Waals surface area contributed by atoms with Crippen LogP contribution in [0.4, 0.5) is 0 Å². The first-order valence-electron chi connectivity index (χ1n) is 11.5. The average molecular weight is 483 g/mol. The molecule has 2 N–H and O–H groups in total. The summed E-state index contributed by atoms with van der Waals surface area (Å²) in [6, 6.07) is 12.5. The Hall–Kier alpha value is -3.63. The molecular weight excluding hydrogens is 452 g/mol. The molecule has 10 heteroatoms. The van der Waals surface area contributed by atoms with Crippen molar-refractivity contribution in [3.63, 3.8) is 0 Å². The van der Waals surface area contributed by atoms with Crippen LogP contribution in [0, 0.1) is 0 Å². The number of nitrogens with zero attached hydrogens (tertiary/aromatic N) is 2. The fourth-order valence-corrected chi connectivity index (χ4v) is 4.38. The SMILES string of the molecule is COc1ccc(C(CNC(=O)CCn2c(=O)[nH]c(=O)c3ccccc32)N2CCOCC2)cc1OC. The third-order valence-electron chi connectivity index (χ3n) is 6.24. The predicted octanol–water partition coefficient (Wildman–Crippen LogP) is 1.29. The van der Waals surface area contributed by atoms with Crippen LogP contribution >= 0.6 is 0 Å². The Morgan fingerprint density at radius 2 is 1.83 bits per heavy atom. The number of hydrogen-bond donors (Lipinski definition) is 2. The van der Waals surface area contributed by atoms with Crippen molar-refractivity contribution in [2.45, 2.75) is 19.0 Å². The maximum Gasteiger partial charge on any atom is 0.328 e. The molecule has 0 radical (unpaired) electrons. The van der Waals surface area contributed by atoms with Crippen LogP contribution in [0.25, 0.3) is 10.9 Å². The highest BCUT2D eigenvalue weighted by Gasteiger charge is 2.24. The van der Waals surface area contributed by atoms with Gasteiger partial charge in [0, 0.05) is 32.6 Å². The highest BCUT2D eigenvalue weighted by atomic mass is 16.5. The Labute approximate surface area is 202 Å². The number of carbonyl (C=O) groups excluding carboxylic acids is 1. The second-order valence-electron chi connectivity index (χ2n) is 8.26. The van der Waals surface area contributed by atoms with Gasteiger partial charge in [0.15, 0.2) is 11.5 Å². The highest BCUT2D eigenvalue weighted by molar-refractivity contribution is 5.78. The molecule has 0 bridgehead atoms. The summed E-state index contributed by atoms with van der Waals surface area (Å²) in [7, 11) is 3.18. The third-order valence-corrected chi connectivity index (χ3v) is 6.24. The van der Waals surface area contributed by atoms with E-state index in [1.165, 1.54) is 4.57 Å². The van der Waals surface area contributed by atoms with Crippen LogP contribution < -0.4 is 26.0 Å². The van der Waals surface area contributed by atoms with Gasteiger partial charge >= 0.3 is 5.69 Å². The van der Waals surface area contributed by atoms with Crippen LogP contribution in [0.15, 0.2) is 52.1 Å². The molecule has 2 aromatic carbocycles. The van der Waals surface area contributed by atoms with Gasteiger partial charge in [-0.1, -0.05) is 18.2 Å². The van der Waals surface area contributed by atoms with E-state index in [1.54, 1.807) is 38.5 Å². The normalized spacial score (nSPS) is 15.0. The van der Waals surface area contributed by atoms with Gasteiger partial charge in [0.2, 0.25) is 5.91 Å². The van der Waals surface area contributed by atoms with E-state index in [0.717, 1.165) is 18.7 Å². The molecule has 35 heavy (non-hydrogen) atoms. The summed E-state index contributed by atoms with van der Waals surface area (Å²) in [5, 5.41) is 3.42. The zero-order valence-electron chi connectivity index (χ0n) is 19.9. The summed E-state index contributed by atoms with van der Waals surface area (Å²) in [4.78, 5) is 41.8. The zero-order chi connectivity index (χ0) is 24.8. The molecule has 0 spiro atoms. The lowest BCUT2D eigenvalue weighted by Gasteiger charge is -2.35. The number of aryl methyl sites for hydroxylation is 1. The smallest absolute Gasteiger partial charge is 0.328 e. The summed E-state index contributed by atoms with van der Waals surface area (Å²) >= 11 is 0. The van der Waals surface area contributed by atoms with Gasteiger partial charge in [0.25, 0.3) is 5.56 Å². The molecular formula is C25H30N4O6. The van der Waals surface area contributed by atoms with Gasteiger partial charge in [-0.05, 0) is 29.8 Å². The molecule has 0 saturated carbocycles. The minimum atomic E-state index is -0.530. The van der Waals surface area contributed by atoms with Crippen molar-refractivity contribution >= 4 is 16.8 Å². The van der Waals surface area contributed by atoms with Crippen molar-refractivity contribution < 1.29 is 19.0 Å². The van der Waals surface area contributed by atoms with Crippen LogP contribution in [-0.2, 0) is 16.1 Å². The Balaban J connectivity index is 1.48. The highest BCUT2D eigenvalue weighted by Crippen LogP contribution is 2.32. The second-order valence-corrected chi connectivity index (χ2v) is 8.26. The number of ether oxygens (including phenoxy) is 3. The van der Waals surface area contributed by atoms with Crippen molar-refractivity contribution in [2.24, 2.45) is 0 Å². The summed E-state index contributed by atoms with van der Waals surface area (Å²) in [5.74, 6) is 1.07. The average Bonchev–Trinajstić information content (AvgIpc) is 2.89. The molecule has 1 atom stereocenters. The lowest BCUT2D eigenvalue weighted by Crippen LogP contribution is -2.44. The number of methoxy groups -OCH3 is 2. The second kappa shape index (κ2) is 11.2. The van der Waals surface area contributed by atoms with Crippen molar-refractivity contribution in [1.29, 1.82) is 0 Å². The number of morpholine rings is 1. The first-order valence-corrected chi connectivity index (χ1v) is 11.5. The number of benzene rings is 2. The quantitative estimate of drug-likeness (QED) is 0.472. The van der Waals surface area contributed by atoms with Crippen LogP contribution in [-0.4, -0.2) is 67.4 Å². The Morgan fingerprint density at radius 3 is 2.57 bits per heavy atom. The zero-order valence-corrected chi connectivity index (χ0v) is 19.9. The lowest BCUT2D eigenvalue weighted by molar-refractivity contribution is -0.121. The van der Waals surface area contributed by atoms with Crippen LogP contribution in [0.2, 0.25) is 0 Å². The van der Waals surface area contributed by atoms with Crippen LogP contribution in [0.5, 0.6) is 11.5 Å². The first-order chi connectivity index (χ1) is 17.0. The van der Waals surface area contributed by atoms with Gasteiger partial charge in [0.1, 0.15) is 0 Å².